The predicted molar refractivity (Wildman–Crippen MR) is 94.3 cm³/mol. The van der Waals surface area contributed by atoms with Gasteiger partial charge in [-0.3, -0.25) is 9.88 Å². The molecule has 2 fully saturated rings. The first-order valence-corrected chi connectivity index (χ1v) is 9.14. The van der Waals surface area contributed by atoms with Crippen LogP contribution in [0.5, 0.6) is 0 Å². The van der Waals surface area contributed by atoms with E-state index < -0.39 is 0 Å². The monoisotopic (exact) mass is 325 g/mol. The van der Waals surface area contributed by atoms with Crippen LogP contribution in [0.25, 0.3) is 0 Å². The van der Waals surface area contributed by atoms with Gasteiger partial charge in [0.05, 0.1) is 6.54 Å². The molecule has 1 atom stereocenters. The van der Waals surface area contributed by atoms with E-state index in [-0.39, 0.29) is 0 Å². The third-order valence-electron chi connectivity index (χ3n) is 5.81. The summed E-state index contributed by atoms with van der Waals surface area (Å²) in [5, 5.41) is 3.51. The number of rotatable bonds is 6. The van der Waals surface area contributed by atoms with Crippen molar-refractivity contribution in [3.05, 3.63) is 48.3 Å². The maximum Gasteiger partial charge on any atom is 0.122 e. The maximum atomic E-state index is 4.61. The Bertz CT molecular complexity index is 659. The highest BCUT2D eigenvalue weighted by molar-refractivity contribution is 5.15. The van der Waals surface area contributed by atoms with E-state index in [1.807, 2.05) is 18.6 Å². The van der Waals surface area contributed by atoms with Gasteiger partial charge in [-0.15, -0.1) is 0 Å². The van der Waals surface area contributed by atoms with Crippen molar-refractivity contribution in [2.75, 3.05) is 13.1 Å². The topological polar surface area (TPSA) is 46.0 Å². The second kappa shape index (κ2) is 6.65. The molecule has 5 heteroatoms. The molecule has 0 bridgehead atoms. The fourth-order valence-electron chi connectivity index (χ4n) is 4.26. The number of hydrogen-bond acceptors (Lipinski definition) is 4. The van der Waals surface area contributed by atoms with Gasteiger partial charge in [0.2, 0.25) is 0 Å². The average Bonchev–Trinajstić information content (AvgIpc) is 3.11. The Labute approximate surface area is 144 Å². The van der Waals surface area contributed by atoms with Crippen molar-refractivity contribution in [1.82, 2.24) is 24.8 Å². The zero-order valence-electron chi connectivity index (χ0n) is 14.5. The lowest BCUT2D eigenvalue weighted by Gasteiger charge is -2.29. The summed E-state index contributed by atoms with van der Waals surface area (Å²) in [7, 11) is 0. The van der Waals surface area contributed by atoms with Crippen LogP contribution in [-0.4, -0.2) is 38.6 Å². The van der Waals surface area contributed by atoms with Crippen LogP contribution in [0.3, 0.4) is 0 Å². The maximum absolute atomic E-state index is 4.61. The fraction of sp³-hybridized carbons (Fsp3) is 0.579. The molecule has 24 heavy (non-hydrogen) atoms. The number of piperidine rings is 1. The summed E-state index contributed by atoms with van der Waals surface area (Å²) in [6, 6.07) is 4.96. The van der Waals surface area contributed by atoms with Crippen molar-refractivity contribution < 1.29 is 0 Å². The second-order valence-corrected chi connectivity index (χ2v) is 7.22. The lowest BCUT2D eigenvalue weighted by molar-refractivity contribution is 0.182. The highest BCUT2D eigenvalue weighted by Gasteiger charge is 2.56. The normalized spacial score (nSPS) is 22.2. The third kappa shape index (κ3) is 3.10. The molecular weight excluding hydrogens is 298 g/mol. The van der Waals surface area contributed by atoms with Crippen LogP contribution in [0.1, 0.15) is 37.6 Å². The van der Waals surface area contributed by atoms with Crippen molar-refractivity contribution in [2.24, 2.45) is 5.41 Å². The van der Waals surface area contributed by atoms with Gasteiger partial charge in [-0.25, -0.2) is 4.98 Å². The summed E-state index contributed by atoms with van der Waals surface area (Å²) in [5.74, 6) is 1.18. The first kappa shape index (κ1) is 15.8. The van der Waals surface area contributed by atoms with Gasteiger partial charge in [-0.05, 0) is 62.4 Å². The molecule has 3 heterocycles. The molecule has 1 aliphatic carbocycles. The van der Waals surface area contributed by atoms with Crippen molar-refractivity contribution in [3.63, 3.8) is 0 Å². The lowest BCUT2D eigenvalue weighted by Crippen LogP contribution is -2.36. The van der Waals surface area contributed by atoms with E-state index in [0.29, 0.717) is 11.5 Å². The van der Waals surface area contributed by atoms with Crippen molar-refractivity contribution in [1.29, 1.82) is 0 Å². The molecule has 1 spiro atoms. The Morgan fingerprint density at radius 3 is 2.75 bits per heavy atom. The van der Waals surface area contributed by atoms with Gasteiger partial charge in [0, 0.05) is 43.9 Å². The Kier molecular flexibility index (Phi) is 4.37. The molecule has 1 N–H and O–H groups in total. The van der Waals surface area contributed by atoms with Crippen LogP contribution >= 0.6 is 0 Å². The summed E-state index contributed by atoms with van der Waals surface area (Å²) in [6.07, 6.45) is 11.8. The number of aryl methyl sites for hydroxylation is 1. The van der Waals surface area contributed by atoms with Gasteiger partial charge in [0.25, 0.3) is 0 Å². The number of pyridine rings is 1. The molecule has 5 nitrogen and oxygen atoms in total. The molecule has 1 saturated heterocycles. The first-order chi connectivity index (χ1) is 11.8. The van der Waals surface area contributed by atoms with E-state index in [1.54, 1.807) is 0 Å². The van der Waals surface area contributed by atoms with E-state index in [1.165, 1.54) is 43.7 Å². The van der Waals surface area contributed by atoms with E-state index in [4.69, 9.17) is 0 Å². The van der Waals surface area contributed by atoms with Gasteiger partial charge < -0.3 is 9.88 Å². The smallest absolute Gasteiger partial charge is 0.122 e. The molecule has 1 saturated carbocycles. The van der Waals surface area contributed by atoms with Crippen molar-refractivity contribution in [2.45, 2.75) is 51.9 Å². The van der Waals surface area contributed by atoms with Crippen LogP contribution in [0, 0.1) is 5.41 Å². The van der Waals surface area contributed by atoms with Crippen molar-refractivity contribution >= 4 is 0 Å². The first-order valence-electron chi connectivity index (χ1n) is 9.14. The minimum Gasteiger partial charge on any atom is -0.334 e. The quantitative estimate of drug-likeness (QED) is 0.886. The Morgan fingerprint density at radius 1 is 1.21 bits per heavy atom. The Hall–Kier alpha value is -1.72. The number of aromatic nitrogens is 3. The minimum absolute atomic E-state index is 0.544. The van der Waals surface area contributed by atoms with E-state index >= 15 is 0 Å². The van der Waals surface area contributed by atoms with Crippen LogP contribution in [0.15, 0.2) is 36.9 Å². The lowest BCUT2D eigenvalue weighted by atomic mass is 9.93. The van der Waals surface area contributed by atoms with Gasteiger partial charge in [0.15, 0.2) is 0 Å². The van der Waals surface area contributed by atoms with Crippen LogP contribution < -0.4 is 5.32 Å². The molecule has 0 unspecified atom stereocenters. The van der Waals surface area contributed by atoms with Gasteiger partial charge in [-0.2, -0.15) is 0 Å². The predicted octanol–water partition coefficient (Wildman–Crippen LogP) is 2.44. The molecule has 2 aliphatic rings. The number of nitrogens with zero attached hydrogens (tertiary/aromatic N) is 4. The molecule has 0 aromatic carbocycles. The molecule has 0 amide bonds. The summed E-state index contributed by atoms with van der Waals surface area (Å²) in [6.45, 7) is 7.43. The molecule has 1 aliphatic heterocycles. The van der Waals surface area contributed by atoms with Crippen LogP contribution in [-0.2, 0) is 19.6 Å². The Morgan fingerprint density at radius 2 is 2.00 bits per heavy atom. The summed E-state index contributed by atoms with van der Waals surface area (Å²) in [4.78, 5) is 11.4. The fourth-order valence-corrected chi connectivity index (χ4v) is 4.26. The van der Waals surface area contributed by atoms with E-state index in [2.05, 4.69) is 50.0 Å². The third-order valence-corrected chi connectivity index (χ3v) is 5.81. The second-order valence-electron chi connectivity index (χ2n) is 7.22. The summed E-state index contributed by atoms with van der Waals surface area (Å²) >= 11 is 0. The SMILES string of the molecule is CCn1ccnc1CN(Cc1ccncc1)[C@H]1CC12CCNCC2. The molecule has 2 aromatic rings. The van der Waals surface area contributed by atoms with Gasteiger partial charge >= 0.3 is 0 Å². The number of nitrogens with one attached hydrogen (secondary N) is 1. The van der Waals surface area contributed by atoms with Crippen LogP contribution in [0.2, 0.25) is 0 Å². The molecule has 2 aromatic heterocycles. The zero-order valence-corrected chi connectivity index (χ0v) is 14.5. The highest BCUT2D eigenvalue weighted by atomic mass is 15.2. The standard InChI is InChI=1S/C19H27N5/c1-2-23-12-11-22-18(23)15-24(14-16-3-7-20-8-4-16)17-13-19(17)5-9-21-10-6-19/h3-4,7-8,11-12,17,21H,2,5-6,9-10,13-15H2,1H3/t17-/m0/s1. The number of imidazole rings is 1. The van der Waals surface area contributed by atoms with Gasteiger partial charge in [-0.1, -0.05) is 0 Å². The highest BCUT2D eigenvalue weighted by Crippen LogP contribution is 2.56. The van der Waals surface area contributed by atoms with E-state index in [9.17, 15) is 0 Å². The Balaban J connectivity index is 1.53. The minimum atomic E-state index is 0.544. The summed E-state index contributed by atoms with van der Waals surface area (Å²) in [5.41, 5.74) is 1.89. The van der Waals surface area contributed by atoms with Crippen molar-refractivity contribution in [3.8, 4) is 0 Å². The molecule has 4 rings (SSSR count). The van der Waals surface area contributed by atoms with Crippen LogP contribution in [0.4, 0.5) is 0 Å². The largest absolute Gasteiger partial charge is 0.334 e. The molecule has 0 radical (unpaired) electrons. The summed E-state index contributed by atoms with van der Waals surface area (Å²) < 4.78 is 2.26. The zero-order chi connectivity index (χ0) is 16.4. The molecule has 128 valence electrons. The molecular formula is C19H27N5. The number of hydrogen-bond donors (Lipinski definition) is 1. The average molecular weight is 325 g/mol. The van der Waals surface area contributed by atoms with E-state index in [0.717, 1.165) is 19.6 Å². The van der Waals surface area contributed by atoms with Gasteiger partial charge in [0.1, 0.15) is 5.82 Å².